The molecule has 0 bridgehead atoms. The molecule has 1 aromatic rings. The van der Waals surface area contributed by atoms with E-state index >= 15 is 0 Å². The second-order valence-electron chi connectivity index (χ2n) is 3.55. The van der Waals surface area contributed by atoms with Crippen molar-refractivity contribution in [2.24, 2.45) is 5.92 Å². The van der Waals surface area contributed by atoms with Crippen molar-refractivity contribution < 1.29 is 9.53 Å². The number of thiophene rings is 1. The Morgan fingerprint density at radius 3 is 3.00 bits per heavy atom. The van der Waals surface area contributed by atoms with Crippen LogP contribution in [0.15, 0.2) is 11.4 Å². The molecular weight excluding hydrogens is 220 g/mol. The van der Waals surface area contributed by atoms with Gasteiger partial charge in [0.15, 0.2) is 5.78 Å². The summed E-state index contributed by atoms with van der Waals surface area (Å²) in [5.41, 5.74) is 0.652. The number of halogens is 1. The number of hydrogen-bond donors (Lipinski definition) is 0. The van der Waals surface area contributed by atoms with E-state index in [0.717, 1.165) is 6.42 Å². The summed E-state index contributed by atoms with van der Waals surface area (Å²) in [4.78, 5) is 11.9. The quantitative estimate of drug-likeness (QED) is 0.731. The van der Waals surface area contributed by atoms with Crippen molar-refractivity contribution in [3.63, 3.8) is 0 Å². The van der Waals surface area contributed by atoms with Gasteiger partial charge >= 0.3 is 0 Å². The lowest BCUT2D eigenvalue weighted by atomic mass is 9.97. The molecule has 2 unspecified atom stereocenters. The zero-order valence-electron chi connectivity index (χ0n) is 7.83. The molecule has 0 aliphatic carbocycles. The zero-order chi connectivity index (χ0) is 10.1. The largest absolute Gasteiger partial charge is 0.378 e. The molecule has 0 N–H and O–H groups in total. The number of Topliss-reactive ketones (excluding diaryl/α,β-unsaturated/α-hetero) is 1. The number of rotatable bonds is 2. The molecule has 4 heteroatoms. The summed E-state index contributed by atoms with van der Waals surface area (Å²) in [5, 5.41) is 1.84. The Morgan fingerprint density at radius 2 is 2.50 bits per heavy atom. The van der Waals surface area contributed by atoms with Crippen molar-refractivity contribution in [1.82, 2.24) is 0 Å². The number of carbonyl (C=O) groups is 1. The fraction of sp³-hybridized carbons (Fsp3) is 0.500. The number of carbonyl (C=O) groups excluding carboxylic acids is 1. The normalized spacial score (nSPS) is 26.7. The lowest BCUT2D eigenvalue weighted by Gasteiger charge is -2.04. The number of hydrogen-bond acceptors (Lipinski definition) is 3. The zero-order valence-corrected chi connectivity index (χ0v) is 9.40. The molecular formula is C10H11ClO2S. The van der Waals surface area contributed by atoms with Crippen molar-refractivity contribution >= 4 is 28.7 Å². The smallest absolute Gasteiger partial charge is 0.170 e. The van der Waals surface area contributed by atoms with E-state index in [0.29, 0.717) is 16.5 Å². The van der Waals surface area contributed by atoms with Crippen LogP contribution in [0.4, 0.5) is 0 Å². The number of ketones is 1. The van der Waals surface area contributed by atoms with Crippen molar-refractivity contribution in [2.45, 2.75) is 19.4 Å². The molecule has 1 aliphatic rings. The average Bonchev–Trinajstić information content (AvgIpc) is 2.73. The van der Waals surface area contributed by atoms with Crippen molar-refractivity contribution in [2.75, 3.05) is 6.61 Å². The molecule has 0 amide bonds. The first-order valence-corrected chi connectivity index (χ1v) is 5.83. The predicted octanol–water partition coefficient (Wildman–Crippen LogP) is 3.01. The van der Waals surface area contributed by atoms with Gasteiger partial charge in [0.25, 0.3) is 0 Å². The highest BCUT2D eigenvalue weighted by atomic mass is 35.5. The first-order chi connectivity index (χ1) is 6.68. The van der Waals surface area contributed by atoms with Gasteiger partial charge < -0.3 is 4.74 Å². The molecule has 14 heavy (non-hydrogen) atoms. The van der Waals surface area contributed by atoms with Crippen molar-refractivity contribution in [3.8, 4) is 0 Å². The van der Waals surface area contributed by atoms with Crippen molar-refractivity contribution in [3.05, 3.63) is 21.3 Å². The van der Waals surface area contributed by atoms with Crippen LogP contribution in [-0.2, 0) is 4.74 Å². The lowest BCUT2D eigenvalue weighted by molar-refractivity contribution is 0.0878. The summed E-state index contributed by atoms with van der Waals surface area (Å²) in [5.74, 6) is 0.123. The van der Waals surface area contributed by atoms with E-state index in [2.05, 4.69) is 0 Å². The third-order valence-corrected chi connectivity index (χ3v) is 3.62. The number of ether oxygens (including phenoxy) is 1. The first-order valence-electron chi connectivity index (χ1n) is 4.57. The van der Waals surface area contributed by atoms with Crippen LogP contribution in [0.2, 0.25) is 4.34 Å². The summed E-state index contributed by atoms with van der Waals surface area (Å²) in [7, 11) is 0. The second-order valence-corrected chi connectivity index (χ2v) is 5.07. The van der Waals surface area contributed by atoms with Crippen LogP contribution in [0.5, 0.6) is 0 Å². The SMILES string of the molecule is CC1CC(C(=O)c2ccsc2Cl)CO1. The van der Waals surface area contributed by atoms with Gasteiger partial charge in [0, 0.05) is 11.5 Å². The van der Waals surface area contributed by atoms with E-state index in [1.807, 2.05) is 12.3 Å². The molecule has 0 spiro atoms. The van der Waals surface area contributed by atoms with Gasteiger partial charge in [0.05, 0.1) is 12.7 Å². The van der Waals surface area contributed by atoms with E-state index in [9.17, 15) is 4.79 Å². The topological polar surface area (TPSA) is 26.3 Å². The Hall–Kier alpha value is -0.380. The molecule has 0 aromatic carbocycles. The molecule has 1 fully saturated rings. The Kier molecular flexibility index (Phi) is 2.91. The molecule has 76 valence electrons. The maximum absolute atomic E-state index is 11.9. The van der Waals surface area contributed by atoms with Crippen LogP contribution in [0.1, 0.15) is 23.7 Å². The molecule has 0 radical (unpaired) electrons. The standard InChI is InChI=1S/C10H11ClO2S/c1-6-4-7(5-13-6)9(12)8-2-3-14-10(8)11/h2-3,6-7H,4-5H2,1H3. The summed E-state index contributed by atoms with van der Waals surface area (Å²) in [6.07, 6.45) is 1.01. The minimum Gasteiger partial charge on any atom is -0.378 e. The molecule has 1 saturated heterocycles. The van der Waals surface area contributed by atoms with Gasteiger partial charge in [-0.1, -0.05) is 11.6 Å². The van der Waals surface area contributed by atoms with Gasteiger partial charge in [-0.2, -0.15) is 0 Å². The van der Waals surface area contributed by atoms with Crippen LogP contribution >= 0.6 is 22.9 Å². The van der Waals surface area contributed by atoms with Gasteiger partial charge in [-0.3, -0.25) is 4.79 Å². The van der Waals surface area contributed by atoms with Crippen molar-refractivity contribution in [1.29, 1.82) is 0 Å². The Balaban J connectivity index is 2.13. The van der Waals surface area contributed by atoms with Gasteiger partial charge in [-0.05, 0) is 24.8 Å². The highest BCUT2D eigenvalue weighted by Gasteiger charge is 2.30. The van der Waals surface area contributed by atoms with E-state index in [-0.39, 0.29) is 17.8 Å². The van der Waals surface area contributed by atoms with E-state index in [4.69, 9.17) is 16.3 Å². The second kappa shape index (κ2) is 4.01. The minimum absolute atomic E-state index is 0.00269. The minimum atomic E-state index is -0.00269. The van der Waals surface area contributed by atoms with Crippen LogP contribution in [-0.4, -0.2) is 18.5 Å². The Morgan fingerprint density at radius 1 is 1.71 bits per heavy atom. The van der Waals surface area contributed by atoms with Crippen LogP contribution < -0.4 is 0 Å². The maximum atomic E-state index is 11.9. The predicted molar refractivity (Wildman–Crippen MR) is 57.2 cm³/mol. The van der Waals surface area contributed by atoms with Crippen LogP contribution in [0, 0.1) is 5.92 Å². The van der Waals surface area contributed by atoms with Gasteiger partial charge in [0.1, 0.15) is 4.34 Å². The Labute approximate surface area is 91.8 Å². The highest BCUT2D eigenvalue weighted by Crippen LogP contribution is 2.29. The van der Waals surface area contributed by atoms with Gasteiger partial charge in [-0.15, -0.1) is 11.3 Å². The van der Waals surface area contributed by atoms with E-state index in [1.54, 1.807) is 6.07 Å². The summed E-state index contributed by atoms with van der Waals surface area (Å²) >= 11 is 7.30. The third kappa shape index (κ3) is 1.85. The molecule has 2 nitrogen and oxygen atoms in total. The first kappa shape index (κ1) is 10.1. The monoisotopic (exact) mass is 230 g/mol. The summed E-state index contributed by atoms with van der Waals surface area (Å²) in [6, 6.07) is 1.79. The van der Waals surface area contributed by atoms with Gasteiger partial charge in [0.2, 0.25) is 0 Å². The fourth-order valence-corrected chi connectivity index (χ4v) is 2.62. The van der Waals surface area contributed by atoms with Gasteiger partial charge in [-0.25, -0.2) is 0 Å². The maximum Gasteiger partial charge on any atom is 0.170 e. The average molecular weight is 231 g/mol. The molecule has 2 heterocycles. The molecule has 2 atom stereocenters. The molecule has 2 rings (SSSR count). The fourth-order valence-electron chi connectivity index (χ4n) is 1.69. The highest BCUT2D eigenvalue weighted by molar-refractivity contribution is 7.14. The van der Waals surface area contributed by atoms with Crippen LogP contribution in [0.3, 0.4) is 0 Å². The lowest BCUT2D eigenvalue weighted by Crippen LogP contribution is -2.14. The van der Waals surface area contributed by atoms with E-state index < -0.39 is 0 Å². The Bertz CT molecular complexity index is 348. The molecule has 1 aromatic heterocycles. The summed E-state index contributed by atoms with van der Waals surface area (Å²) in [6.45, 7) is 2.52. The van der Waals surface area contributed by atoms with Crippen LogP contribution in [0.25, 0.3) is 0 Å². The van der Waals surface area contributed by atoms with E-state index in [1.165, 1.54) is 11.3 Å². The summed E-state index contributed by atoms with van der Waals surface area (Å²) < 4.78 is 5.96. The third-order valence-electron chi connectivity index (χ3n) is 2.45. The molecule has 0 saturated carbocycles. The molecule has 1 aliphatic heterocycles.